The summed E-state index contributed by atoms with van der Waals surface area (Å²) in [6.07, 6.45) is 5.66. The van der Waals surface area contributed by atoms with Crippen molar-refractivity contribution in [3.05, 3.63) is 12.2 Å². The van der Waals surface area contributed by atoms with E-state index < -0.39 is 162 Å². The molecule has 0 aliphatic carbocycles. The molecule has 0 aromatic carbocycles. The van der Waals surface area contributed by atoms with Gasteiger partial charge >= 0.3 is 5.97 Å². The number of carbonyl (C=O) groups excluding carboxylic acids is 12. The fraction of sp³-hybridized carbons (Fsp3) is 0.779. The Hall–Kier alpha value is -7.13. The summed E-state index contributed by atoms with van der Waals surface area (Å²) in [6.45, 7) is 28.6. The number of nitriles is 1. The third kappa shape index (κ3) is 25.3. The van der Waals surface area contributed by atoms with E-state index in [1.54, 1.807) is 41.5 Å². The second kappa shape index (κ2) is 39.5. The molecule has 12 atom stereocenters. The van der Waals surface area contributed by atoms with E-state index in [4.69, 9.17) is 10.00 Å². The highest BCUT2D eigenvalue weighted by Crippen LogP contribution is 2.27. The van der Waals surface area contributed by atoms with Crippen LogP contribution in [-0.2, 0) is 62.3 Å². The summed E-state index contributed by atoms with van der Waals surface area (Å²) >= 11 is 0. The number of unbranched alkanes of at least 4 members (excludes halogenated alkanes) is 3. The van der Waals surface area contributed by atoms with Crippen LogP contribution in [0.3, 0.4) is 0 Å². The molecule has 0 aromatic heterocycles. The molecule has 0 unspecified atom stereocenters. The van der Waals surface area contributed by atoms with Crippen molar-refractivity contribution in [3.63, 3.8) is 0 Å². The SMILES string of the molecule is CC[C@@H]1NC(=O)[C@H]([C@H](OC(C)=O)[C@H](C)C/C=C/CCCCC#N)N(C)C(=O)[C@H](C(C)C)N(C)C(=O)[C@H](CC(C)C)N(C)C(=O)[C@H](CC(C)C)N(C)C(=O)[C@H](C)NC(=O)[C@@H](C)NC(=O)[C@@H](CC(C)C)N(C)C(=O)[C@@H](C(C)C)NC(=O)[C@H](CC(C)C)N(C)C(=O)CN(C)C1=O. The van der Waals surface area contributed by atoms with Crippen LogP contribution in [0.2, 0.25) is 0 Å². The molecule has 1 heterocycles. The maximum Gasteiger partial charge on any atom is 0.303 e. The first-order valence-electron chi connectivity index (χ1n) is 33.4. The molecule has 0 spiro atoms. The molecule has 1 fully saturated rings. The summed E-state index contributed by atoms with van der Waals surface area (Å²) < 4.78 is 6.01. The molecule has 1 rings (SSSR count). The van der Waals surface area contributed by atoms with Crippen molar-refractivity contribution >= 4 is 70.9 Å². The van der Waals surface area contributed by atoms with Crippen molar-refractivity contribution in [3.8, 4) is 6.07 Å². The molecule has 4 N–H and O–H groups in total. The third-order valence-corrected chi connectivity index (χ3v) is 17.2. The van der Waals surface area contributed by atoms with Gasteiger partial charge in [-0.15, -0.1) is 0 Å². The summed E-state index contributed by atoms with van der Waals surface area (Å²) in [5.74, 6) is -10.9. The molecule has 528 valence electrons. The molecule has 0 saturated carbocycles. The van der Waals surface area contributed by atoms with Gasteiger partial charge in [0.1, 0.15) is 66.5 Å². The van der Waals surface area contributed by atoms with E-state index >= 15 is 19.2 Å². The fourth-order valence-corrected chi connectivity index (χ4v) is 11.6. The fourth-order valence-electron chi connectivity index (χ4n) is 11.6. The highest BCUT2D eigenvalue weighted by molar-refractivity contribution is 5.99. The molecule has 93 heavy (non-hydrogen) atoms. The van der Waals surface area contributed by atoms with Gasteiger partial charge in [-0.2, -0.15) is 5.26 Å². The molecule has 25 heteroatoms. The number of nitrogens with one attached hydrogen (secondary N) is 4. The summed E-state index contributed by atoms with van der Waals surface area (Å²) in [4.78, 5) is 184. The number of hydrogen-bond acceptors (Lipinski definition) is 14. The number of ether oxygens (including phenoxy) is 1. The number of likely N-dealkylation sites (N-methyl/N-ethyl adjacent to an activating group) is 7. The molecule has 0 aromatic rings. The normalized spacial score (nSPS) is 25.4. The largest absolute Gasteiger partial charge is 0.459 e. The van der Waals surface area contributed by atoms with E-state index in [-0.39, 0.29) is 62.2 Å². The van der Waals surface area contributed by atoms with Gasteiger partial charge in [0.2, 0.25) is 65.0 Å². The number of rotatable bonds is 20. The Bertz CT molecular complexity index is 2620. The first-order valence-corrected chi connectivity index (χ1v) is 33.4. The molecule has 1 aliphatic heterocycles. The van der Waals surface area contributed by atoms with Gasteiger partial charge in [-0.05, 0) is 113 Å². The van der Waals surface area contributed by atoms with Crippen molar-refractivity contribution in [1.29, 1.82) is 5.26 Å². The van der Waals surface area contributed by atoms with E-state index in [9.17, 15) is 38.4 Å². The predicted molar refractivity (Wildman–Crippen MR) is 356 cm³/mol. The summed E-state index contributed by atoms with van der Waals surface area (Å²) in [6, 6.07) is -10.5. The number of carbonyl (C=O) groups is 12. The van der Waals surface area contributed by atoms with Crippen LogP contribution in [0.25, 0.3) is 0 Å². The Labute approximate surface area is 555 Å². The standard InChI is InChI=1S/C68H118N12O13/c1-25-49-64(88)74(18)38-54(82)75(19)50(34-39(2)3)61(85)73-55(43(10)11)67(91)76(20)51(35-40(4)5)60(84)70-46(15)59(83)71-47(16)63(87)77(21)52(36-41(6)7)65(89)78(22)53(37-42(8)9)66(90)79(23)56(44(12)13)68(92)80(24)57(62(86)72-49)58(93-48(17)81)45(14)32-30-28-26-27-29-31-33-69/h28,30,39-47,49-53,55-58H,25-27,29,31-32,34-38H2,1-24H3,(H,70,84)(H,71,83)(H,72,86)(H,73,85)/b30-28+/t45-,46-,47+,49+,50+,51-,52+,53+,55-,56+,57+,58-/m1/s1. The maximum atomic E-state index is 15.5. The lowest BCUT2D eigenvalue weighted by atomic mass is 9.91. The van der Waals surface area contributed by atoms with Gasteiger partial charge < -0.3 is 60.3 Å². The van der Waals surface area contributed by atoms with Gasteiger partial charge in [-0.1, -0.05) is 109 Å². The van der Waals surface area contributed by atoms with Gasteiger partial charge in [0.15, 0.2) is 0 Å². The summed E-state index contributed by atoms with van der Waals surface area (Å²) in [5, 5.41) is 20.1. The highest BCUT2D eigenvalue weighted by Gasteiger charge is 2.47. The lowest BCUT2D eigenvalue weighted by molar-refractivity contribution is -0.164. The third-order valence-electron chi connectivity index (χ3n) is 17.2. The predicted octanol–water partition coefficient (Wildman–Crippen LogP) is 4.90. The Morgan fingerprint density at radius 3 is 1.44 bits per heavy atom. The highest BCUT2D eigenvalue weighted by atomic mass is 16.5. The average molecular weight is 1310 g/mol. The van der Waals surface area contributed by atoms with Crippen LogP contribution in [-0.4, -0.2) is 228 Å². The van der Waals surface area contributed by atoms with Crippen LogP contribution in [0.4, 0.5) is 0 Å². The van der Waals surface area contributed by atoms with E-state index in [2.05, 4.69) is 27.3 Å². The quantitative estimate of drug-likeness (QED) is 0.0716. The van der Waals surface area contributed by atoms with Crippen LogP contribution in [0.1, 0.15) is 182 Å². The number of nitrogens with zero attached hydrogens (tertiary/aromatic N) is 8. The first-order chi connectivity index (χ1) is 43.1. The Morgan fingerprint density at radius 2 is 0.968 bits per heavy atom. The summed E-state index contributed by atoms with van der Waals surface area (Å²) in [7, 11) is 9.86. The van der Waals surface area contributed by atoms with Gasteiger partial charge in [-0.3, -0.25) is 57.5 Å². The number of allylic oxidation sites excluding steroid dienone is 2. The molecule has 11 amide bonds. The molecule has 1 saturated heterocycles. The molecular weight excluding hydrogens is 1190 g/mol. The topological polar surface area (TPSA) is 309 Å². The van der Waals surface area contributed by atoms with E-state index in [1.807, 2.05) is 67.5 Å². The minimum absolute atomic E-state index is 0.0207. The molecule has 0 radical (unpaired) electrons. The van der Waals surface area contributed by atoms with Gasteiger partial charge in [-0.25, -0.2) is 0 Å². The lowest BCUT2D eigenvalue weighted by Gasteiger charge is -2.42. The second-order valence-electron chi connectivity index (χ2n) is 28.0. The van der Waals surface area contributed by atoms with E-state index in [1.165, 1.54) is 94.6 Å². The van der Waals surface area contributed by atoms with E-state index in [0.717, 1.165) is 16.2 Å². The van der Waals surface area contributed by atoms with Crippen molar-refractivity contribution < 1.29 is 62.3 Å². The number of hydrogen-bond donors (Lipinski definition) is 4. The van der Waals surface area contributed by atoms with Gasteiger partial charge in [0.05, 0.1) is 12.6 Å². The molecule has 25 nitrogen and oxygen atoms in total. The zero-order chi connectivity index (χ0) is 71.8. The lowest BCUT2D eigenvalue weighted by Crippen LogP contribution is -2.64. The zero-order valence-corrected chi connectivity index (χ0v) is 60.7. The van der Waals surface area contributed by atoms with Crippen LogP contribution < -0.4 is 21.3 Å². The number of amides is 11. The van der Waals surface area contributed by atoms with Gasteiger partial charge in [0, 0.05) is 62.7 Å². The zero-order valence-electron chi connectivity index (χ0n) is 60.7. The van der Waals surface area contributed by atoms with Gasteiger partial charge in [0.25, 0.3) is 0 Å². The Kier molecular flexibility index (Phi) is 35.7. The minimum Gasteiger partial charge on any atom is -0.459 e. The van der Waals surface area contributed by atoms with Crippen LogP contribution in [0.15, 0.2) is 12.2 Å². The van der Waals surface area contributed by atoms with Crippen LogP contribution in [0.5, 0.6) is 0 Å². The van der Waals surface area contributed by atoms with Crippen molar-refractivity contribution in [1.82, 2.24) is 55.6 Å². The Morgan fingerprint density at radius 1 is 0.516 bits per heavy atom. The first kappa shape index (κ1) is 83.9. The minimum atomic E-state index is -1.64. The smallest absolute Gasteiger partial charge is 0.303 e. The van der Waals surface area contributed by atoms with Crippen molar-refractivity contribution in [2.24, 2.45) is 41.4 Å². The van der Waals surface area contributed by atoms with E-state index in [0.29, 0.717) is 19.3 Å². The second-order valence-corrected chi connectivity index (χ2v) is 28.0. The van der Waals surface area contributed by atoms with Crippen molar-refractivity contribution in [2.45, 2.75) is 248 Å². The number of esters is 1. The Balaban J connectivity index is 4.47. The molecule has 0 bridgehead atoms. The maximum absolute atomic E-state index is 15.5. The average Bonchev–Trinajstić information content (AvgIpc) is 0.869. The molecule has 1 aliphatic rings. The molecular formula is C68H118N12O13. The van der Waals surface area contributed by atoms with Crippen LogP contribution in [0, 0.1) is 52.8 Å². The van der Waals surface area contributed by atoms with Crippen LogP contribution >= 0.6 is 0 Å². The monoisotopic (exact) mass is 1310 g/mol. The van der Waals surface area contributed by atoms with Crippen molar-refractivity contribution in [2.75, 3.05) is 55.9 Å². The summed E-state index contributed by atoms with van der Waals surface area (Å²) in [5.41, 5.74) is 0.